The van der Waals surface area contributed by atoms with Crippen LogP contribution in [0.25, 0.3) is 0 Å². The number of hydrogen-bond donors (Lipinski definition) is 0. The van der Waals surface area contributed by atoms with E-state index >= 15 is 0 Å². The molecule has 126 valence electrons. The molecule has 0 aromatic carbocycles. The van der Waals surface area contributed by atoms with E-state index in [0.717, 1.165) is 25.7 Å². The van der Waals surface area contributed by atoms with Crippen molar-refractivity contribution in [2.24, 2.45) is 5.41 Å². The van der Waals surface area contributed by atoms with Crippen LogP contribution >= 0.6 is 0 Å². The molecule has 0 spiro atoms. The van der Waals surface area contributed by atoms with Crippen LogP contribution in [0, 0.1) is 5.41 Å². The maximum Gasteiger partial charge on any atom is 0.751 e. The summed E-state index contributed by atoms with van der Waals surface area (Å²) in [6, 6.07) is 0. The normalized spacial score (nSPS) is 12.5. The van der Waals surface area contributed by atoms with Crippen molar-refractivity contribution in [3.05, 3.63) is 0 Å². The molecule has 0 rings (SSSR count). The second-order valence-corrected chi connectivity index (χ2v) is 7.60. The predicted octanol–water partition coefficient (Wildman–Crippen LogP) is 3.68. The van der Waals surface area contributed by atoms with Crippen LogP contribution in [0.2, 0.25) is 0 Å². The molecule has 0 aliphatic heterocycles. The monoisotopic (exact) mass is 320 g/mol. The predicted molar refractivity (Wildman–Crippen MR) is 84.6 cm³/mol. The van der Waals surface area contributed by atoms with E-state index in [1.165, 1.54) is 0 Å². The van der Waals surface area contributed by atoms with Crippen molar-refractivity contribution in [2.45, 2.75) is 67.2 Å². The summed E-state index contributed by atoms with van der Waals surface area (Å²) in [4.78, 5) is 12.5. The average molecular weight is 321 g/mol. The molecule has 21 heavy (non-hydrogen) atoms. The first-order valence-electron chi connectivity index (χ1n) is 8.02. The van der Waals surface area contributed by atoms with Gasteiger partial charge in [-0.1, -0.05) is 26.2 Å². The largest absolute Gasteiger partial charge is 0.751 e. The molecule has 0 saturated heterocycles. The molecule has 0 unspecified atom stereocenters. The van der Waals surface area contributed by atoms with Gasteiger partial charge in [-0.2, -0.15) is 0 Å². The summed E-state index contributed by atoms with van der Waals surface area (Å²) in [5.74, 6) is -0.305. The van der Waals surface area contributed by atoms with E-state index in [4.69, 9.17) is 17.7 Å². The van der Waals surface area contributed by atoms with Gasteiger partial charge < -0.3 is 17.7 Å². The Labute approximate surface area is 130 Å². The van der Waals surface area contributed by atoms with Gasteiger partial charge in [0.05, 0.1) is 5.41 Å². The summed E-state index contributed by atoms with van der Waals surface area (Å²) < 4.78 is 22.2. The molecular weight excluding hydrogens is 288 g/mol. The van der Waals surface area contributed by atoms with Crippen molar-refractivity contribution < 1.29 is 22.5 Å². The molecule has 0 saturated carbocycles. The first-order valence-corrected chi connectivity index (χ1v) is 9.66. The van der Waals surface area contributed by atoms with Crippen LogP contribution in [-0.4, -0.2) is 34.8 Å². The highest BCUT2D eigenvalue weighted by molar-refractivity contribution is 6.55. The lowest BCUT2D eigenvalue weighted by Crippen LogP contribution is -2.52. The van der Waals surface area contributed by atoms with Crippen LogP contribution in [-0.2, 0) is 22.5 Å². The zero-order valence-corrected chi connectivity index (χ0v) is 15.5. The highest BCUT2D eigenvalue weighted by atomic mass is 28.4. The maximum atomic E-state index is 12.5. The number of unbranched alkanes of at least 4 members (excludes halogenated alkanes) is 2. The standard InChI is InChI=1S/C15H32O5Si/c1-7-11-12-13-15(5,6)14(16)20-21(17-8-2,18-9-3)19-10-4/h7-13H2,1-6H3. The van der Waals surface area contributed by atoms with Gasteiger partial charge in [-0.15, -0.1) is 0 Å². The fourth-order valence-corrected chi connectivity index (χ4v) is 3.91. The zero-order chi connectivity index (χ0) is 16.4. The van der Waals surface area contributed by atoms with Gasteiger partial charge in [0, 0.05) is 19.8 Å². The van der Waals surface area contributed by atoms with Crippen LogP contribution in [0.4, 0.5) is 0 Å². The molecule has 0 bridgehead atoms. The van der Waals surface area contributed by atoms with E-state index in [0.29, 0.717) is 19.8 Å². The van der Waals surface area contributed by atoms with E-state index in [9.17, 15) is 4.79 Å². The molecule has 0 amide bonds. The van der Waals surface area contributed by atoms with E-state index in [1.807, 2.05) is 34.6 Å². The van der Waals surface area contributed by atoms with Crippen LogP contribution < -0.4 is 0 Å². The Morgan fingerprint density at radius 1 is 0.905 bits per heavy atom. The summed E-state index contributed by atoms with van der Waals surface area (Å²) in [6.07, 6.45) is 4.03. The van der Waals surface area contributed by atoms with Gasteiger partial charge in [0.2, 0.25) is 0 Å². The van der Waals surface area contributed by atoms with Crippen molar-refractivity contribution in [1.82, 2.24) is 0 Å². The van der Waals surface area contributed by atoms with E-state index in [-0.39, 0.29) is 5.97 Å². The summed E-state index contributed by atoms with van der Waals surface area (Å²) in [7, 11) is -3.37. The van der Waals surface area contributed by atoms with Crippen molar-refractivity contribution in [2.75, 3.05) is 19.8 Å². The third-order valence-electron chi connectivity index (χ3n) is 3.14. The van der Waals surface area contributed by atoms with Crippen molar-refractivity contribution in [1.29, 1.82) is 0 Å². The molecule has 0 aromatic rings. The van der Waals surface area contributed by atoms with Gasteiger partial charge in [-0.05, 0) is 41.0 Å². The van der Waals surface area contributed by atoms with E-state index < -0.39 is 14.5 Å². The van der Waals surface area contributed by atoms with Crippen molar-refractivity contribution >= 4 is 15.0 Å². The molecule has 5 nitrogen and oxygen atoms in total. The molecule has 0 fully saturated rings. The van der Waals surface area contributed by atoms with Crippen molar-refractivity contribution in [3.63, 3.8) is 0 Å². The summed E-state index contributed by atoms with van der Waals surface area (Å²) in [6.45, 7) is 12.6. The van der Waals surface area contributed by atoms with Gasteiger partial charge in [0.15, 0.2) is 0 Å². The third-order valence-corrected chi connectivity index (χ3v) is 5.50. The van der Waals surface area contributed by atoms with Gasteiger partial charge in [0.25, 0.3) is 0 Å². The SMILES string of the molecule is CCCCCC(C)(C)C(=O)O[Si](OCC)(OCC)OCC. The lowest BCUT2D eigenvalue weighted by molar-refractivity contribution is -0.155. The quantitative estimate of drug-likeness (QED) is 0.405. The van der Waals surface area contributed by atoms with E-state index in [2.05, 4.69) is 6.92 Å². The topological polar surface area (TPSA) is 54.0 Å². The smallest absolute Gasteiger partial charge is 0.451 e. The molecule has 0 aliphatic rings. The molecule has 0 aromatic heterocycles. The fraction of sp³-hybridized carbons (Fsp3) is 0.933. The lowest BCUT2D eigenvalue weighted by atomic mass is 9.87. The third kappa shape index (κ3) is 7.40. The van der Waals surface area contributed by atoms with Gasteiger partial charge in [-0.3, -0.25) is 4.79 Å². The van der Waals surface area contributed by atoms with Crippen LogP contribution in [0.3, 0.4) is 0 Å². The van der Waals surface area contributed by atoms with Gasteiger partial charge >= 0.3 is 15.0 Å². The summed E-state index contributed by atoms with van der Waals surface area (Å²) >= 11 is 0. The minimum atomic E-state index is -3.37. The Bertz CT molecular complexity index is 277. The van der Waals surface area contributed by atoms with Gasteiger partial charge in [-0.25, -0.2) is 0 Å². The first-order chi connectivity index (χ1) is 9.87. The van der Waals surface area contributed by atoms with Gasteiger partial charge in [0.1, 0.15) is 0 Å². The van der Waals surface area contributed by atoms with E-state index in [1.54, 1.807) is 0 Å². The van der Waals surface area contributed by atoms with Crippen LogP contribution in [0.15, 0.2) is 0 Å². The Morgan fingerprint density at radius 3 is 1.76 bits per heavy atom. The summed E-state index contributed by atoms with van der Waals surface area (Å²) in [5, 5.41) is 0. The first kappa shape index (κ1) is 20.6. The molecule has 0 radical (unpaired) electrons. The second kappa shape index (κ2) is 10.3. The Balaban J connectivity index is 4.83. The Morgan fingerprint density at radius 2 is 1.38 bits per heavy atom. The fourth-order valence-electron chi connectivity index (χ4n) is 1.91. The molecular formula is C15H32O5Si. The second-order valence-electron chi connectivity index (χ2n) is 5.53. The molecule has 0 N–H and O–H groups in total. The Kier molecular flexibility index (Phi) is 10.1. The van der Waals surface area contributed by atoms with Crippen molar-refractivity contribution in [3.8, 4) is 0 Å². The highest BCUT2D eigenvalue weighted by Crippen LogP contribution is 2.28. The minimum absolute atomic E-state index is 0.305. The molecule has 0 atom stereocenters. The minimum Gasteiger partial charge on any atom is -0.451 e. The number of carbonyl (C=O) groups is 1. The number of rotatable bonds is 12. The number of carbonyl (C=O) groups excluding carboxylic acids is 1. The maximum absolute atomic E-state index is 12.5. The molecule has 6 heteroatoms. The highest BCUT2D eigenvalue weighted by Gasteiger charge is 2.51. The van der Waals surface area contributed by atoms with Crippen LogP contribution in [0.5, 0.6) is 0 Å². The Hall–Kier alpha value is -0.433. The number of hydrogen-bond acceptors (Lipinski definition) is 5. The van der Waals surface area contributed by atoms with Crippen LogP contribution in [0.1, 0.15) is 67.2 Å². The molecule has 0 heterocycles. The molecule has 0 aliphatic carbocycles. The lowest BCUT2D eigenvalue weighted by Gasteiger charge is -2.30. The zero-order valence-electron chi connectivity index (χ0n) is 14.5. The average Bonchev–Trinajstić information content (AvgIpc) is 2.39. The summed E-state index contributed by atoms with van der Waals surface area (Å²) in [5.41, 5.74) is -0.557.